The van der Waals surface area contributed by atoms with Gasteiger partial charge in [0, 0.05) is 29.4 Å². The highest BCUT2D eigenvalue weighted by atomic mass is 16.5. The Kier molecular flexibility index (Phi) is 10.3. The molecule has 2 aromatic heterocycles. The lowest BCUT2D eigenvalue weighted by atomic mass is 9.79. The lowest BCUT2D eigenvalue weighted by Crippen LogP contribution is -2.42. The highest BCUT2D eigenvalue weighted by Crippen LogP contribution is 2.33. The maximum absolute atomic E-state index is 13.6. The molecule has 0 radical (unpaired) electrons. The number of hydrogen-bond acceptors (Lipinski definition) is 8. The normalized spacial score (nSPS) is 12.3. The van der Waals surface area contributed by atoms with Crippen LogP contribution in [0.4, 0.5) is 27.8 Å². The van der Waals surface area contributed by atoms with Crippen LogP contribution in [0.5, 0.6) is 5.75 Å². The van der Waals surface area contributed by atoms with Crippen molar-refractivity contribution in [2.75, 3.05) is 15.6 Å². The van der Waals surface area contributed by atoms with E-state index in [2.05, 4.69) is 58.6 Å². The van der Waals surface area contributed by atoms with Crippen LogP contribution < -0.4 is 31.5 Å². The van der Waals surface area contributed by atoms with Crippen LogP contribution in [0.25, 0.3) is 10.8 Å². The lowest BCUT2D eigenvalue weighted by Gasteiger charge is -2.30. The van der Waals surface area contributed by atoms with Crippen LogP contribution in [0.2, 0.25) is 0 Å². The topological polar surface area (TPSA) is 130 Å². The minimum Gasteiger partial charge on any atom is -0.488 e. The molecule has 0 spiro atoms. The van der Waals surface area contributed by atoms with E-state index in [1.807, 2.05) is 85.8 Å². The number of benzene rings is 3. The summed E-state index contributed by atoms with van der Waals surface area (Å²) >= 11 is 0. The van der Waals surface area contributed by atoms with E-state index in [1.54, 1.807) is 24.8 Å². The Bertz CT molecular complexity index is 1850. The minimum absolute atomic E-state index is 0.0252. The van der Waals surface area contributed by atoms with E-state index in [0.29, 0.717) is 35.5 Å². The minimum atomic E-state index is -0.401. The number of aromatic nitrogens is 3. The number of hydrazine groups is 1. The molecule has 242 valence electrons. The fourth-order valence-electron chi connectivity index (χ4n) is 5.33. The average molecular weight is 631 g/mol. The molecule has 0 saturated carbocycles. The van der Waals surface area contributed by atoms with Crippen LogP contribution in [0.3, 0.4) is 0 Å². The highest BCUT2D eigenvalue weighted by molar-refractivity contribution is 6.04. The molecule has 2 amide bonds. The van der Waals surface area contributed by atoms with Gasteiger partial charge in [-0.2, -0.15) is 0 Å². The van der Waals surface area contributed by atoms with E-state index in [0.717, 1.165) is 34.0 Å². The number of amides is 2. The third-order valence-corrected chi connectivity index (χ3v) is 7.86. The van der Waals surface area contributed by atoms with Crippen molar-refractivity contribution in [1.82, 2.24) is 20.3 Å². The van der Waals surface area contributed by atoms with Crippen LogP contribution in [-0.4, -0.2) is 21.0 Å². The molecule has 0 aliphatic heterocycles. The number of rotatable bonds is 11. The summed E-state index contributed by atoms with van der Waals surface area (Å²) in [6.07, 6.45) is 9.52. The number of carbonyl (C=O) groups is 1. The van der Waals surface area contributed by atoms with Crippen molar-refractivity contribution in [2.24, 2.45) is 17.2 Å². The summed E-state index contributed by atoms with van der Waals surface area (Å²) in [5, 5.41) is 12.5. The molecule has 47 heavy (non-hydrogen) atoms. The van der Waals surface area contributed by atoms with Crippen LogP contribution in [0.1, 0.15) is 45.2 Å². The first kappa shape index (κ1) is 32.9. The molecule has 10 heteroatoms. The largest absolute Gasteiger partial charge is 0.488 e. The number of allylic oxidation sites excluding steroid dienone is 1. The molecule has 5 N–H and O–H groups in total. The Balaban J connectivity index is 1.34. The molecular weight excluding hydrogens is 588 g/mol. The van der Waals surface area contributed by atoms with Crippen molar-refractivity contribution in [1.29, 1.82) is 0 Å². The standard InChI is InChI=1S/C37H42N8O2/c1-6-27(37(3,4)5)22-35(45(38)28-11-9-10-25(2)20-28)44-36(46)42-31-14-15-32(30-13-8-7-12-29(30)31)47-24-26-16-17-40-33(21-26)43-34-23-39-18-19-41-34/h7-23,27H,6,24,38H2,1-5H3,(H,40,41,43)(H2,42,44,46)/b35-22-. The Hall–Kier alpha value is -5.48. The number of fused-ring (bicyclic) bond motifs is 1. The number of pyridine rings is 1. The van der Waals surface area contributed by atoms with Crippen LogP contribution >= 0.6 is 0 Å². The van der Waals surface area contributed by atoms with Gasteiger partial charge in [0.25, 0.3) is 0 Å². The Morgan fingerprint density at radius 2 is 1.74 bits per heavy atom. The average Bonchev–Trinajstić information content (AvgIpc) is 3.06. The van der Waals surface area contributed by atoms with E-state index in [-0.39, 0.29) is 11.3 Å². The summed E-state index contributed by atoms with van der Waals surface area (Å²) in [4.78, 5) is 26.2. The molecule has 0 saturated heterocycles. The number of nitrogens with zero attached hydrogens (tertiary/aromatic N) is 4. The Morgan fingerprint density at radius 1 is 0.957 bits per heavy atom. The summed E-state index contributed by atoms with van der Waals surface area (Å²) in [7, 11) is 0. The lowest BCUT2D eigenvalue weighted by molar-refractivity contribution is 0.253. The van der Waals surface area contributed by atoms with Crippen molar-refractivity contribution in [3.8, 4) is 5.75 Å². The van der Waals surface area contributed by atoms with Gasteiger partial charge >= 0.3 is 6.03 Å². The molecular formula is C37H42N8O2. The van der Waals surface area contributed by atoms with E-state index >= 15 is 0 Å². The first-order valence-corrected chi connectivity index (χ1v) is 15.6. The highest BCUT2D eigenvalue weighted by Gasteiger charge is 2.24. The van der Waals surface area contributed by atoms with Crippen molar-refractivity contribution < 1.29 is 9.53 Å². The van der Waals surface area contributed by atoms with Gasteiger partial charge in [0.2, 0.25) is 0 Å². The van der Waals surface area contributed by atoms with Crippen molar-refractivity contribution >= 4 is 39.8 Å². The Morgan fingerprint density at radius 3 is 2.47 bits per heavy atom. The number of anilines is 4. The van der Waals surface area contributed by atoms with E-state index in [9.17, 15) is 4.79 Å². The number of nitrogens with one attached hydrogen (secondary N) is 3. The third-order valence-electron chi connectivity index (χ3n) is 7.86. The van der Waals surface area contributed by atoms with Crippen LogP contribution in [0.15, 0.2) is 109 Å². The smallest absolute Gasteiger partial charge is 0.324 e. The first-order valence-electron chi connectivity index (χ1n) is 15.6. The zero-order valence-corrected chi connectivity index (χ0v) is 27.5. The number of ether oxygens (including phenoxy) is 1. The molecule has 5 rings (SSSR count). The predicted octanol–water partition coefficient (Wildman–Crippen LogP) is 8.07. The first-order chi connectivity index (χ1) is 22.6. The molecule has 2 heterocycles. The van der Waals surface area contributed by atoms with Gasteiger partial charge in [-0.15, -0.1) is 0 Å². The molecule has 3 aromatic carbocycles. The monoisotopic (exact) mass is 630 g/mol. The molecule has 0 aliphatic carbocycles. The molecule has 0 fully saturated rings. The van der Waals surface area contributed by atoms with Gasteiger partial charge in [-0.25, -0.2) is 20.6 Å². The maximum Gasteiger partial charge on any atom is 0.324 e. The molecule has 1 unspecified atom stereocenters. The molecule has 0 aliphatic rings. The number of hydrogen-bond donors (Lipinski definition) is 4. The fourth-order valence-corrected chi connectivity index (χ4v) is 5.33. The van der Waals surface area contributed by atoms with Gasteiger partial charge < -0.3 is 15.4 Å². The predicted molar refractivity (Wildman–Crippen MR) is 189 cm³/mol. The third kappa shape index (κ3) is 8.62. The van der Waals surface area contributed by atoms with Gasteiger partial charge in [-0.1, -0.05) is 64.1 Å². The second-order valence-electron chi connectivity index (χ2n) is 12.4. The fraction of sp³-hybridized carbons (Fsp3) is 0.243. The molecule has 10 nitrogen and oxygen atoms in total. The number of urea groups is 1. The maximum atomic E-state index is 13.6. The molecule has 5 aromatic rings. The van der Waals surface area contributed by atoms with Gasteiger partial charge in [0.15, 0.2) is 0 Å². The van der Waals surface area contributed by atoms with Crippen molar-refractivity contribution in [3.05, 3.63) is 121 Å². The van der Waals surface area contributed by atoms with Crippen molar-refractivity contribution in [2.45, 2.75) is 47.6 Å². The zero-order valence-electron chi connectivity index (χ0n) is 27.5. The summed E-state index contributed by atoms with van der Waals surface area (Å²) in [5.74, 6) is 9.24. The SMILES string of the molecule is CCC(/C=C(/NC(=O)Nc1ccc(OCc2ccnc(Nc3cnccn3)c2)c2ccccc12)N(N)c1cccc(C)c1)C(C)(C)C. The summed E-state index contributed by atoms with van der Waals surface area (Å²) in [5.41, 5.74) is 3.39. The van der Waals surface area contributed by atoms with E-state index in [4.69, 9.17) is 10.6 Å². The van der Waals surface area contributed by atoms with E-state index in [1.165, 1.54) is 5.01 Å². The number of nitrogens with two attached hydrogens (primary N) is 1. The number of carbonyl (C=O) groups excluding carboxylic acids is 1. The van der Waals surface area contributed by atoms with Gasteiger partial charge in [-0.05, 0) is 78.3 Å². The zero-order chi connectivity index (χ0) is 33.4. The molecule has 1 atom stereocenters. The quantitative estimate of drug-likeness (QED) is 0.0851. The second-order valence-corrected chi connectivity index (χ2v) is 12.4. The summed E-state index contributed by atoms with van der Waals surface area (Å²) in [6, 6.07) is 22.8. The van der Waals surface area contributed by atoms with Gasteiger partial charge in [-0.3, -0.25) is 15.3 Å². The second kappa shape index (κ2) is 14.7. The van der Waals surface area contributed by atoms with Gasteiger partial charge in [0.05, 0.1) is 17.6 Å². The van der Waals surface area contributed by atoms with Crippen molar-refractivity contribution in [3.63, 3.8) is 0 Å². The summed E-state index contributed by atoms with van der Waals surface area (Å²) < 4.78 is 6.27. The van der Waals surface area contributed by atoms with Crippen LogP contribution in [0, 0.1) is 18.3 Å². The Labute approximate surface area is 276 Å². The molecule has 0 bridgehead atoms. The van der Waals surface area contributed by atoms with Crippen LogP contribution in [-0.2, 0) is 6.61 Å². The van der Waals surface area contributed by atoms with Gasteiger partial charge in [0.1, 0.15) is 29.8 Å². The van der Waals surface area contributed by atoms with E-state index < -0.39 is 6.03 Å². The number of aryl methyl sites for hydroxylation is 1. The summed E-state index contributed by atoms with van der Waals surface area (Å²) in [6.45, 7) is 11.0.